The highest BCUT2D eigenvalue weighted by atomic mass is 35.5. The molecule has 0 radical (unpaired) electrons. The van der Waals surface area contributed by atoms with Crippen LogP contribution in [0.3, 0.4) is 0 Å². The molecule has 0 spiro atoms. The van der Waals surface area contributed by atoms with Gasteiger partial charge in [-0.15, -0.1) is 0 Å². The minimum absolute atomic E-state index is 0.0114. The molecule has 1 aliphatic heterocycles. The van der Waals surface area contributed by atoms with E-state index in [0.29, 0.717) is 40.1 Å². The Kier molecular flexibility index (Phi) is 6.23. The van der Waals surface area contributed by atoms with Gasteiger partial charge in [0.2, 0.25) is 5.91 Å². The van der Waals surface area contributed by atoms with Gasteiger partial charge in [0.15, 0.2) is 0 Å². The van der Waals surface area contributed by atoms with Crippen LogP contribution >= 0.6 is 34.8 Å². The molecule has 31 heavy (non-hydrogen) atoms. The van der Waals surface area contributed by atoms with Crippen LogP contribution in [0.2, 0.25) is 15.1 Å². The second-order valence-electron chi connectivity index (χ2n) is 8.47. The monoisotopic (exact) mass is 479 g/mol. The summed E-state index contributed by atoms with van der Waals surface area (Å²) in [5, 5.41) is 1.50. The molecule has 0 unspecified atom stereocenters. The van der Waals surface area contributed by atoms with Crippen molar-refractivity contribution in [1.82, 2.24) is 9.80 Å². The van der Waals surface area contributed by atoms with Crippen molar-refractivity contribution in [1.29, 1.82) is 0 Å². The zero-order chi connectivity index (χ0) is 22.3. The van der Waals surface area contributed by atoms with Gasteiger partial charge in [0.1, 0.15) is 0 Å². The summed E-state index contributed by atoms with van der Waals surface area (Å²) in [6, 6.07) is 12.2. The zero-order valence-electron chi connectivity index (χ0n) is 17.2. The summed E-state index contributed by atoms with van der Waals surface area (Å²) in [6.07, 6.45) is 2.08. The van der Waals surface area contributed by atoms with Gasteiger partial charge in [0, 0.05) is 42.7 Å². The molecule has 0 aromatic heterocycles. The van der Waals surface area contributed by atoms with Gasteiger partial charge in [0.25, 0.3) is 5.91 Å². The quantitative estimate of drug-likeness (QED) is 0.696. The Morgan fingerprint density at radius 3 is 2.35 bits per heavy atom. The lowest BCUT2D eigenvalue weighted by atomic mass is 9.84. The number of benzene rings is 2. The summed E-state index contributed by atoms with van der Waals surface area (Å²) in [4.78, 5) is 29.7. The predicted molar refractivity (Wildman–Crippen MR) is 124 cm³/mol. The molecule has 2 atom stereocenters. The smallest absolute Gasteiger partial charge is 0.253 e. The number of nitrogens with two attached hydrogens (primary N) is 1. The Hall–Kier alpha value is -1.79. The Bertz CT molecular complexity index is 1010. The Morgan fingerprint density at radius 1 is 1.06 bits per heavy atom. The van der Waals surface area contributed by atoms with Crippen LogP contribution in [0.5, 0.6) is 0 Å². The van der Waals surface area contributed by atoms with E-state index in [1.54, 1.807) is 42.3 Å². The maximum Gasteiger partial charge on any atom is 0.253 e. The van der Waals surface area contributed by atoms with Crippen molar-refractivity contribution in [2.45, 2.75) is 36.8 Å². The van der Waals surface area contributed by atoms with Gasteiger partial charge in [-0.05, 0) is 61.2 Å². The number of carbonyl (C=O) groups excluding carboxylic acids is 2. The number of amides is 2. The molecule has 4 rings (SSSR count). The number of piperidine rings is 1. The summed E-state index contributed by atoms with van der Waals surface area (Å²) in [6.45, 7) is 1.02. The largest absolute Gasteiger partial charge is 0.340 e. The third kappa shape index (κ3) is 4.56. The molecule has 1 saturated carbocycles. The fraction of sp³-hybridized carbons (Fsp3) is 0.391. The van der Waals surface area contributed by atoms with Crippen molar-refractivity contribution < 1.29 is 9.59 Å². The van der Waals surface area contributed by atoms with Crippen LogP contribution in [0.25, 0.3) is 0 Å². The normalized spacial score (nSPS) is 22.2. The number of hydrogen-bond acceptors (Lipinski definition) is 3. The summed E-state index contributed by atoms with van der Waals surface area (Å²) >= 11 is 18.4. The van der Waals surface area contributed by atoms with E-state index >= 15 is 0 Å². The average molecular weight is 481 g/mol. The first-order valence-electron chi connectivity index (χ1n) is 10.3. The van der Waals surface area contributed by atoms with Gasteiger partial charge in [-0.2, -0.15) is 0 Å². The Morgan fingerprint density at radius 2 is 1.74 bits per heavy atom. The molecule has 2 aliphatic rings. The number of likely N-dealkylation sites (tertiary alicyclic amines) is 1. The lowest BCUT2D eigenvalue weighted by Gasteiger charge is -2.43. The SMILES string of the molecule is CN(C(=O)c1ccc(Cl)cc1)[C@@H]1CCN(C(=O)C2(N)CC2)C[C@H]1c1ccc(Cl)c(Cl)c1. The molecule has 5 nitrogen and oxygen atoms in total. The van der Waals surface area contributed by atoms with Crippen LogP contribution in [0.4, 0.5) is 0 Å². The van der Waals surface area contributed by atoms with Gasteiger partial charge in [0.05, 0.1) is 15.6 Å². The van der Waals surface area contributed by atoms with Crippen molar-refractivity contribution >= 4 is 46.6 Å². The molecule has 2 amide bonds. The van der Waals surface area contributed by atoms with Gasteiger partial charge < -0.3 is 15.5 Å². The maximum atomic E-state index is 13.2. The number of hydrogen-bond donors (Lipinski definition) is 1. The van der Waals surface area contributed by atoms with E-state index in [2.05, 4.69) is 0 Å². The lowest BCUT2D eigenvalue weighted by Crippen LogP contribution is -2.55. The molecular formula is C23H24Cl3N3O2. The molecule has 1 aliphatic carbocycles. The van der Waals surface area contributed by atoms with E-state index in [0.717, 1.165) is 18.4 Å². The standard InChI is InChI=1S/C23H24Cl3N3O2/c1-28(21(30)14-2-5-16(24)6-3-14)20-8-11-29(22(31)23(27)9-10-23)13-17(20)15-4-7-18(25)19(26)12-15/h2-7,12,17,20H,8-11,13,27H2,1H3/t17-,20+/m0/s1. The lowest BCUT2D eigenvalue weighted by molar-refractivity contribution is -0.135. The summed E-state index contributed by atoms with van der Waals surface area (Å²) < 4.78 is 0. The van der Waals surface area contributed by atoms with E-state index in [4.69, 9.17) is 40.5 Å². The van der Waals surface area contributed by atoms with E-state index in [9.17, 15) is 9.59 Å². The van der Waals surface area contributed by atoms with Crippen molar-refractivity contribution in [2.75, 3.05) is 20.1 Å². The molecule has 2 aromatic rings. The average Bonchev–Trinajstić information content (AvgIpc) is 3.53. The van der Waals surface area contributed by atoms with Gasteiger partial charge in [-0.3, -0.25) is 9.59 Å². The number of likely N-dealkylation sites (N-methyl/N-ethyl adjacent to an activating group) is 1. The number of rotatable bonds is 4. The summed E-state index contributed by atoms with van der Waals surface area (Å²) in [5.74, 6) is -0.220. The molecule has 1 heterocycles. The van der Waals surface area contributed by atoms with Crippen LogP contribution in [0.15, 0.2) is 42.5 Å². The number of halogens is 3. The topological polar surface area (TPSA) is 66.6 Å². The molecule has 1 saturated heterocycles. The highest BCUT2D eigenvalue weighted by Gasteiger charge is 2.50. The summed E-state index contributed by atoms with van der Waals surface area (Å²) in [7, 11) is 1.80. The highest BCUT2D eigenvalue weighted by molar-refractivity contribution is 6.42. The van der Waals surface area contributed by atoms with E-state index in [-0.39, 0.29) is 23.8 Å². The van der Waals surface area contributed by atoms with E-state index in [1.165, 1.54) is 0 Å². The molecule has 164 valence electrons. The van der Waals surface area contributed by atoms with Gasteiger partial charge in [-0.1, -0.05) is 40.9 Å². The van der Waals surface area contributed by atoms with Crippen molar-refractivity contribution in [3.8, 4) is 0 Å². The van der Waals surface area contributed by atoms with Crippen molar-refractivity contribution in [2.24, 2.45) is 5.73 Å². The Balaban J connectivity index is 1.62. The molecule has 2 N–H and O–H groups in total. The highest BCUT2D eigenvalue weighted by Crippen LogP contribution is 2.39. The van der Waals surface area contributed by atoms with Gasteiger partial charge >= 0.3 is 0 Å². The predicted octanol–water partition coefficient (Wildman–Crippen LogP) is 4.59. The number of nitrogens with zero attached hydrogens (tertiary/aromatic N) is 2. The fourth-order valence-corrected chi connectivity index (χ4v) is 4.70. The molecular weight excluding hydrogens is 457 g/mol. The van der Waals surface area contributed by atoms with Crippen LogP contribution in [-0.4, -0.2) is 53.3 Å². The van der Waals surface area contributed by atoms with Crippen LogP contribution in [0, 0.1) is 0 Å². The summed E-state index contributed by atoms with van der Waals surface area (Å²) in [5.41, 5.74) is 6.96. The van der Waals surface area contributed by atoms with Crippen molar-refractivity contribution in [3.63, 3.8) is 0 Å². The third-order valence-corrected chi connectivity index (χ3v) is 7.35. The second kappa shape index (κ2) is 8.62. The minimum Gasteiger partial charge on any atom is -0.340 e. The molecule has 2 fully saturated rings. The van der Waals surface area contributed by atoms with E-state index in [1.807, 2.05) is 17.0 Å². The maximum absolute atomic E-state index is 13.2. The van der Waals surface area contributed by atoms with Crippen molar-refractivity contribution in [3.05, 3.63) is 68.7 Å². The molecule has 8 heteroatoms. The third-order valence-electron chi connectivity index (χ3n) is 6.36. The Labute approximate surface area is 197 Å². The molecule has 0 bridgehead atoms. The number of carbonyl (C=O) groups is 2. The zero-order valence-corrected chi connectivity index (χ0v) is 19.4. The first-order chi connectivity index (χ1) is 14.7. The van der Waals surface area contributed by atoms with Crippen LogP contribution in [-0.2, 0) is 4.79 Å². The van der Waals surface area contributed by atoms with Crippen LogP contribution < -0.4 is 5.73 Å². The minimum atomic E-state index is -0.722. The molecule has 2 aromatic carbocycles. The van der Waals surface area contributed by atoms with Gasteiger partial charge in [-0.25, -0.2) is 0 Å². The van der Waals surface area contributed by atoms with E-state index < -0.39 is 5.54 Å². The van der Waals surface area contributed by atoms with Crippen LogP contribution in [0.1, 0.15) is 41.1 Å². The first kappa shape index (κ1) is 22.4. The fourth-order valence-electron chi connectivity index (χ4n) is 4.27. The first-order valence-corrected chi connectivity index (χ1v) is 11.4. The second-order valence-corrected chi connectivity index (χ2v) is 9.72.